The Kier molecular flexibility index (Phi) is 8.22. The van der Waals surface area contributed by atoms with Gasteiger partial charge in [-0.2, -0.15) is 0 Å². The van der Waals surface area contributed by atoms with E-state index in [1.165, 1.54) is 0 Å². The zero-order valence-electron chi connectivity index (χ0n) is 19.2. The lowest BCUT2D eigenvalue weighted by Gasteiger charge is -2.15. The summed E-state index contributed by atoms with van der Waals surface area (Å²) in [6, 6.07) is 8.15. The number of fused-ring (bicyclic) bond motifs is 3. The average Bonchev–Trinajstić information content (AvgIpc) is 3.23. The van der Waals surface area contributed by atoms with Gasteiger partial charge in [0.2, 0.25) is 0 Å². The van der Waals surface area contributed by atoms with E-state index in [0.717, 1.165) is 52.8 Å². The lowest BCUT2D eigenvalue weighted by Crippen LogP contribution is -2.36. The fourth-order valence-electron chi connectivity index (χ4n) is 3.97. The maximum atomic E-state index is 12.2. The van der Waals surface area contributed by atoms with Crippen molar-refractivity contribution in [1.29, 1.82) is 0 Å². The molecule has 0 bridgehead atoms. The lowest BCUT2D eigenvalue weighted by molar-refractivity contribution is -0.118. The van der Waals surface area contributed by atoms with E-state index in [4.69, 9.17) is 20.4 Å². The molecule has 1 aliphatic rings. The number of hydrogen-bond donors (Lipinski definition) is 4. The number of nitrogens with one attached hydrogen (secondary N) is 3. The SMILES string of the molecule is CCCCc1nc2c(NI)nc3ccccc3c2n1CCOCCNC(=O)C1=CC=C(N)CN1. The molecule has 0 spiro atoms. The Bertz CT molecular complexity index is 1240. The van der Waals surface area contributed by atoms with Crippen LogP contribution in [0.5, 0.6) is 0 Å². The lowest BCUT2D eigenvalue weighted by atomic mass is 10.2. The number of unbranched alkanes of at least 4 members (excludes halogenated alkanes) is 1. The molecule has 2 aromatic heterocycles. The third-order valence-electron chi connectivity index (χ3n) is 5.69. The number of para-hydroxylation sites is 1. The molecule has 180 valence electrons. The van der Waals surface area contributed by atoms with Crippen molar-refractivity contribution in [3.63, 3.8) is 0 Å². The van der Waals surface area contributed by atoms with Gasteiger partial charge in [-0.1, -0.05) is 31.5 Å². The smallest absolute Gasteiger partial charge is 0.267 e. The number of amides is 1. The van der Waals surface area contributed by atoms with E-state index in [1.807, 2.05) is 18.2 Å². The summed E-state index contributed by atoms with van der Waals surface area (Å²) in [4.78, 5) is 21.9. The molecule has 1 amide bonds. The largest absolute Gasteiger partial charge is 0.401 e. The van der Waals surface area contributed by atoms with E-state index in [9.17, 15) is 4.79 Å². The van der Waals surface area contributed by atoms with Crippen LogP contribution in [0.2, 0.25) is 0 Å². The number of carbonyl (C=O) groups is 1. The third kappa shape index (κ3) is 5.44. The number of ether oxygens (including phenoxy) is 1. The zero-order valence-corrected chi connectivity index (χ0v) is 21.4. The van der Waals surface area contributed by atoms with Crippen LogP contribution < -0.4 is 19.9 Å². The minimum absolute atomic E-state index is 0.160. The Morgan fingerprint density at radius 2 is 2.12 bits per heavy atom. The molecule has 0 unspecified atom stereocenters. The molecule has 0 saturated heterocycles. The van der Waals surface area contributed by atoms with Gasteiger partial charge in [0.1, 0.15) is 17.0 Å². The molecule has 0 atom stereocenters. The molecule has 0 saturated carbocycles. The van der Waals surface area contributed by atoms with Crippen molar-refractivity contribution in [3.05, 3.63) is 53.6 Å². The Morgan fingerprint density at radius 3 is 2.88 bits per heavy atom. The molecule has 34 heavy (non-hydrogen) atoms. The monoisotopic (exact) mass is 575 g/mol. The van der Waals surface area contributed by atoms with Gasteiger partial charge in [0, 0.05) is 30.6 Å². The molecule has 0 fully saturated rings. The van der Waals surface area contributed by atoms with E-state index in [2.05, 4.69) is 54.6 Å². The molecular weight excluding hydrogens is 545 g/mol. The molecular formula is C24H30IN7O2. The maximum absolute atomic E-state index is 12.2. The van der Waals surface area contributed by atoms with Crippen LogP contribution in [-0.2, 0) is 22.5 Å². The molecule has 10 heteroatoms. The van der Waals surface area contributed by atoms with Gasteiger partial charge in [0.05, 0.1) is 53.7 Å². The number of aromatic nitrogens is 3. The molecule has 5 N–H and O–H groups in total. The van der Waals surface area contributed by atoms with Crippen LogP contribution in [0.1, 0.15) is 25.6 Å². The second-order valence-electron chi connectivity index (χ2n) is 8.10. The summed E-state index contributed by atoms with van der Waals surface area (Å²) in [6.45, 7) is 4.72. The van der Waals surface area contributed by atoms with E-state index < -0.39 is 0 Å². The molecule has 1 aromatic carbocycles. The quantitative estimate of drug-likeness (QED) is 0.158. The minimum Gasteiger partial charge on any atom is -0.401 e. The number of hydrogen-bond acceptors (Lipinski definition) is 7. The number of allylic oxidation sites excluding steroid dienone is 2. The highest BCUT2D eigenvalue weighted by atomic mass is 127. The van der Waals surface area contributed by atoms with Crippen LogP contribution in [0.15, 0.2) is 47.8 Å². The Hall–Kier alpha value is -2.86. The molecule has 4 rings (SSSR count). The number of imidazole rings is 1. The number of benzene rings is 1. The summed E-state index contributed by atoms with van der Waals surface area (Å²) in [5.74, 6) is 1.66. The normalized spacial score (nSPS) is 13.5. The number of dihydropyridines is 1. The fraction of sp³-hybridized carbons (Fsp3) is 0.375. The van der Waals surface area contributed by atoms with Crippen LogP contribution in [0.3, 0.4) is 0 Å². The minimum atomic E-state index is -0.160. The second-order valence-corrected chi connectivity index (χ2v) is 8.64. The second kappa shape index (κ2) is 11.5. The van der Waals surface area contributed by atoms with Gasteiger partial charge >= 0.3 is 0 Å². The number of nitrogens with two attached hydrogens (primary N) is 1. The summed E-state index contributed by atoms with van der Waals surface area (Å²) in [5.41, 5.74) is 9.81. The summed E-state index contributed by atoms with van der Waals surface area (Å²) in [7, 11) is 0. The first-order valence-corrected chi connectivity index (χ1v) is 12.6. The standard InChI is InChI=1S/C24H30IN7O2/c1-2-3-8-20-30-21-22(17-6-4-5-7-18(17)29-23(21)31-25)32(20)12-14-34-13-11-27-24(33)19-10-9-16(26)15-28-19/h4-7,9-10,28H,2-3,8,11-15,26H2,1H3,(H,27,33)(H,29,31). The number of anilines is 1. The molecule has 1 aliphatic heterocycles. The molecule has 0 radical (unpaired) electrons. The average molecular weight is 575 g/mol. The van der Waals surface area contributed by atoms with Crippen molar-refractivity contribution < 1.29 is 9.53 Å². The van der Waals surface area contributed by atoms with E-state index in [-0.39, 0.29) is 5.91 Å². The maximum Gasteiger partial charge on any atom is 0.267 e. The fourth-order valence-corrected chi connectivity index (χ4v) is 4.34. The number of halogens is 1. The molecule has 0 aliphatic carbocycles. The third-order valence-corrected chi connectivity index (χ3v) is 6.20. The van der Waals surface area contributed by atoms with Gasteiger partial charge in [-0.25, -0.2) is 9.97 Å². The van der Waals surface area contributed by atoms with Crippen molar-refractivity contribution in [1.82, 2.24) is 25.2 Å². The highest BCUT2D eigenvalue weighted by Gasteiger charge is 2.18. The van der Waals surface area contributed by atoms with Crippen molar-refractivity contribution in [2.75, 3.05) is 29.8 Å². The van der Waals surface area contributed by atoms with Gasteiger partial charge in [0.25, 0.3) is 5.91 Å². The number of carbonyl (C=O) groups excluding carboxylic acids is 1. The van der Waals surface area contributed by atoms with E-state index in [0.29, 0.717) is 44.2 Å². The topological polar surface area (TPSA) is 119 Å². The van der Waals surface area contributed by atoms with Crippen molar-refractivity contribution >= 4 is 56.5 Å². The number of aryl methyl sites for hydroxylation is 1. The van der Waals surface area contributed by atoms with Crippen molar-refractivity contribution in [2.45, 2.75) is 32.7 Å². The van der Waals surface area contributed by atoms with Crippen LogP contribution >= 0.6 is 22.9 Å². The first kappa shape index (κ1) is 24.3. The summed E-state index contributed by atoms with van der Waals surface area (Å²) >= 11 is 2.11. The number of pyridine rings is 1. The molecule has 3 heterocycles. The van der Waals surface area contributed by atoms with Crippen LogP contribution in [0, 0.1) is 0 Å². The Morgan fingerprint density at radius 1 is 1.26 bits per heavy atom. The van der Waals surface area contributed by atoms with Gasteiger partial charge in [0.15, 0.2) is 5.82 Å². The Labute approximate surface area is 212 Å². The first-order valence-electron chi connectivity index (χ1n) is 11.5. The van der Waals surface area contributed by atoms with Gasteiger partial charge in [-0.05, 0) is 24.6 Å². The zero-order chi connectivity index (χ0) is 23.9. The summed E-state index contributed by atoms with van der Waals surface area (Å²) in [5, 5.41) is 6.95. The van der Waals surface area contributed by atoms with Crippen LogP contribution in [-0.4, -0.2) is 46.7 Å². The van der Waals surface area contributed by atoms with Crippen LogP contribution in [0.25, 0.3) is 21.9 Å². The molecule has 3 aromatic rings. The number of nitrogens with zero attached hydrogens (tertiary/aromatic N) is 3. The van der Waals surface area contributed by atoms with E-state index in [1.54, 1.807) is 12.2 Å². The van der Waals surface area contributed by atoms with Gasteiger partial charge in [-0.3, -0.25) is 4.79 Å². The predicted octanol–water partition coefficient (Wildman–Crippen LogP) is 3.15. The predicted molar refractivity (Wildman–Crippen MR) is 143 cm³/mol. The highest BCUT2D eigenvalue weighted by Crippen LogP contribution is 2.31. The molecule has 9 nitrogen and oxygen atoms in total. The van der Waals surface area contributed by atoms with Crippen LogP contribution in [0.4, 0.5) is 5.82 Å². The Balaban J connectivity index is 1.43. The highest BCUT2D eigenvalue weighted by molar-refractivity contribution is 14.1. The number of rotatable bonds is 11. The van der Waals surface area contributed by atoms with Gasteiger partial charge in [-0.15, -0.1) is 0 Å². The van der Waals surface area contributed by atoms with Gasteiger partial charge < -0.3 is 29.2 Å². The summed E-state index contributed by atoms with van der Waals surface area (Å²) in [6.07, 6.45) is 6.50. The van der Waals surface area contributed by atoms with E-state index >= 15 is 0 Å². The van der Waals surface area contributed by atoms with Crippen molar-refractivity contribution in [3.8, 4) is 0 Å². The summed E-state index contributed by atoms with van der Waals surface area (Å²) < 4.78 is 11.3. The first-order chi connectivity index (χ1) is 16.6. The van der Waals surface area contributed by atoms with Crippen molar-refractivity contribution in [2.24, 2.45) is 5.73 Å².